The van der Waals surface area contributed by atoms with E-state index < -0.39 is 12.1 Å². The number of nitrogens with zero attached hydrogens (tertiary/aromatic N) is 2. The lowest BCUT2D eigenvalue weighted by Gasteiger charge is -2.28. The Balaban J connectivity index is -0.00000151. The molecule has 0 saturated heterocycles. The van der Waals surface area contributed by atoms with Crippen LogP contribution in [0.15, 0.2) is 24.3 Å². The summed E-state index contributed by atoms with van der Waals surface area (Å²) in [4.78, 5) is 67.3. The van der Waals surface area contributed by atoms with Gasteiger partial charge in [0.05, 0.1) is 18.6 Å². The van der Waals surface area contributed by atoms with E-state index in [0.29, 0.717) is 130 Å². The highest BCUT2D eigenvalue weighted by Crippen LogP contribution is 2.05. The summed E-state index contributed by atoms with van der Waals surface area (Å²) in [6.07, 6.45) is 20.0. The van der Waals surface area contributed by atoms with Crippen LogP contribution in [-0.2, 0) is 24.0 Å². The van der Waals surface area contributed by atoms with Gasteiger partial charge in [-0.3, -0.25) is 28.9 Å². The molecule has 12 N–H and O–H groups in total. The molecule has 0 aliphatic rings. The van der Waals surface area contributed by atoms with Gasteiger partial charge in [0.2, 0.25) is 29.5 Å². The van der Waals surface area contributed by atoms with Gasteiger partial charge >= 0.3 is 0 Å². The number of hydrogen-bond acceptors (Lipinski definition) is 10. The lowest BCUT2D eigenvalue weighted by Crippen LogP contribution is -2.45. The maximum Gasteiger partial charge on any atom is 0.236 e. The van der Waals surface area contributed by atoms with Gasteiger partial charge < -0.3 is 49.1 Å². The molecule has 0 aromatic rings. The van der Waals surface area contributed by atoms with Crippen LogP contribution in [0.1, 0.15) is 123 Å². The minimum absolute atomic E-state index is 0. The third kappa shape index (κ3) is 43.1. The zero-order valence-electron chi connectivity index (χ0n) is 37.0. The predicted molar refractivity (Wildman–Crippen MR) is 263 cm³/mol. The first-order chi connectivity index (χ1) is 27.1. The normalized spacial score (nSPS) is 11.5. The quantitative estimate of drug-likeness (QED) is 0.0328. The van der Waals surface area contributed by atoms with Crippen molar-refractivity contribution in [1.29, 1.82) is 0 Å². The maximum absolute atomic E-state index is 13.9. The van der Waals surface area contributed by atoms with E-state index in [-0.39, 0.29) is 98.1 Å². The molecular weight excluding hydrogens is 890 g/mol. The average Bonchev–Trinajstić information content (AvgIpc) is 3.18. The molecule has 15 nitrogen and oxygen atoms in total. The molecule has 0 saturated carbocycles. The fraction of sp³-hybridized carbons (Fsp3) is 0.780. The minimum Gasteiger partial charge on any atom is -0.356 e. The Labute approximate surface area is 399 Å². The van der Waals surface area contributed by atoms with Crippen LogP contribution in [-0.4, -0.2) is 123 Å². The number of nitrogens with two attached hydrogens (primary N) is 4. The summed E-state index contributed by atoms with van der Waals surface area (Å²) in [6, 6.07) is -1.17. The van der Waals surface area contributed by atoms with Crippen LogP contribution in [0.5, 0.6) is 0 Å². The first kappa shape index (κ1) is 70.7. The van der Waals surface area contributed by atoms with Crippen LogP contribution in [0.2, 0.25) is 0 Å². The molecule has 0 aromatic heterocycles. The third-order valence-electron chi connectivity index (χ3n) is 9.21. The van der Waals surface area contributed by atoms with Crippen LogP contribution in [0.25, 0.3) is 0 Å². The van der Waals surface area contributed by atoms with Crippen molar-refractivity contribution in [2.45, 2.75) is 135 Å². The van der Waals surface area contributed by atoms with E-state index in [0.717, 1.165) is 44.9 Å². The molecule has 0 fully saturated rings. The van der Waals surface area contributed by atoms with Crippen molar-refractivity contribution in [2.24, 2.45) is 22.9 Å². The molecule has 0 radical (unpaired) electrons. The Morgan fingerprint density at radius 3 is 1.33 bits per heavy atom. The van der Waals surface area contributed by atoms with Gasteiger partial charge in [0.15, 0.2) is 0 Å². The molecule has 0 spiro atoms. The summed E-state index contributed by atoms with van der Waals surface area (Å²) in [7, 11) is 0. The van der Waals surface area contributed by atoms with E-state index in [2.05, 4.69) is 46.1 Å². The fourth-order valence-electron chi connectivity index (χ4n) is 5.82. The van der Waals surface area contributed by atoms with E-state index in [1.807, 2.05) is 23.1 Å². The number of nitrogens with one attached hydrogen (secondary N) is 4. The number of amides is 5. The van der Waals surface area contributed by atoms with Crippen molar-refractivity contribution >= 4 is 91.6 Å². The first-order valence-electron chi connectivity index (χ1n) is 21.4. The van der Waals surface area contributed by atoms with E-state index in [4.69, 9.17) is 22.9 Å². The summed E-state index contributed by atoms with van der Waals surface area (Å²) in [6.45, 7) is 9.36. The van der Waals surface area contributed by atoms with Gasteiger partial charge in [-0.2, -0.15) is 0 Å². The fourth-order valence-corrected chi connectivity index (χ4v) is 5.82. The summed E-state index contributed by atoms with van der Waals surface area (Å²) in [5, 5.41) is 11.8. The van der Waals surface area contributed by atoms with E-state index in [1.54, 1.807) is 0 Å². The Hall–Kier alpha value is -1.92. The summed E-state index contributed by atoms with van der Waals surface area (Å²) in [5.41, 5.74) is 23.2. The molecule has 364 valence electrons. The second-order valence-corrected chi connectivity index (χ2v) is 14.3. The van der Waals surface area contributed by atoms with Crippen LogP contribution < -0.4 is 44.2 Å². The molecule has 0 aliphatic heterocycles. The minimum atomic E-state index is -0.586. The van der Waals surface area contributed by atoms with Crippen molar-refractivity contribution in [3.63, 3.8) is 0 Å². The summed E-state index contributed by atoms with van der Waals surface area (Å²) in [5.74, 6) is -0.428. The van der Waals surface area contributed by atoms with Gasteiger partial charge in [-0.25, -0.2) is 0 Å². The Bertz CT molecular complexity index is 1100. The van der Waals surface area contributed by atoms with Gasteiger partial charge in [0, 0.05) is 65.2 Å². The van der Waals surface area contributed by atoms with Crippen LogP contribution in [0.3, 0.4) is 0 Å². The highest BCUT2D eigenvalue weighted by atomic mass is 35.5. The Morgan fingerprint density at radius 2 is 0.902 bits per heavy atom. The second kappa shape index (κ2) is 50.7. The largest absolute Gasteiger partial charge is 0.356 e. The molecule has 20 heteroatoms. The molecule has 2 atom stereocenters. The molecule has 0 aliphatic carbocycles. The van der Waals surface area contributed by atoms with Gasteiger partial charge in [-0.05, 0) is 96.6 Å². The summed E-state index contributed by atoms with van der Waals surface area (Å²) >= 11 is 0. The van der Waals surface area contributed by atoms with Crippen molar-refractivity contribution < 1.29 is 24.0 Å². The van der Waals surface area contributed by atoms with Crippen molar-refractivity contribution in [3.8, 4) is 0 Å². The van der Waals surface area contributed by atoms with Crippen molar-refractivity contribution in [2.75, 3.05) is 72.0 Å². The molecule has 61 heavy (non-hydrogen) atoms. The Morgan fingerprint density at radius 1 is 0.508 bits per heavy atom. The number of halogens is 5. The van der Waals surface area contributed by atoms with Crippen LogP contribution >= 0.6 is 62.0 Å². The highest BCUT2D eigenvalue weighted by Gasteiger charge is 2.19. The number of hydrogen-bond donors (Lipinski definition) is 8. The van der Waals surface area contributed by atoms with E-state index >= 15 is 0 Å². The maximum atomic E-state index is 13.9. The van der Waals surface area contributed by atoms with Gasteiger partial charge in [-0.1, -0.05) is 51.0 Å². The smallest absolute Gasteiger partial charge is 0.236 e. The first-order valence-corrected chi connectivity index (χ1v) is 21.4. The van der Waals surface area contributed by atoms with Gasteiger partial charge in [0.25, 0.3) is 0 Å². The van der Waals surface area contributed by atoms with E-state index in [1.165, 1.54) is 0 Å². The van der Waals surface area contributed by atoms with Crippen LogP contribution in [0.4, 0.5) is 0 Å². The third-order valence-corrected chi connectivity index (χ3v) is 9.21. The second-order valence-electron chi connectivity index (χ2n) is 14.3. The lowest BCUT2D eigenvalue weighted by molar-refractivity contribution is -0.133. The van der Waals surface area contributed by atoms with Crippen molar-refractivity contribution in [1.82, 2.24) is 31.1 Å². The average molecular weight is 975 g/mol. The zero-order chi connectivity index (χ0) is 41.7. The SMILES string of the molecule is CC/C=C\CCC(=O)NCCCCN(CCCNC(=O)CC/C=C\CC)C(=O)CN(CCCNC(=O)[C@@H](N)CCCCN)CCCNC(=O)[C@@H](N)CCCCN.Cl.Cl.Cl.Cl.Cl. The molecule has 0 unspecified atom stereocenters. The predicted octanol–water partition coefficient (Wildman–Crippen LogP) is 4.05. The van der Waals surface area contributed by atoms with Gasteiger partial charge in [0.1, 0.15) is 0 Å². The standard InChI is InChI=1S/C41H80N10O5.5ClH/c1-3-5-7-9-22-37(52)46-26-15-16-32-51(33-19-27-47-38(53)23-10-8-6-4-2)39(54)34-50(30-17-28-48-40(55)35(44)20-11-13-24-42)31-18-29-49-41(56)36(45)21-12-14-25-43;;;;;/h5-8,35-36H,3-4,9-34,42-45H2,1-2H3,(H,46,52)(H,47,53)(H,48,55)(H,49,56);5*1H/b7-5-,8-6-;;;;;/t35-,36-;;;;;/m0...../s1. The van der Waals surface area contributed by atoms with Crippen LogP contribution in [0, 0.1) is 0 Å². The van der Waals surface area contributed by atoms with Crippen molar-refractivity contribution in [3.05, 3.63) is 24.3 Å². The number of unbranched alkanes of at least 4 members (excludes halogenated alkanes) is 3. The highest BCUT2D eigenvalue weighted by molar-refractivity contribution is 5.86. The number of allylic oxidation sites excluding steroid dienone is 4. The topological polar surface area (TPSA) is 244 Å². The Kier molecular flexibility index (Phi) is 58.8. The molecule has 0 bridgehead atoms. The molecule has 0 rings (SSSR count). The monoisotopic (exact) mass is 973 g/mol. The molecule has 0 heterocycles. The lowest BCUT2D eigenvalue weighted by atomic mass is 10.1. The van der Waals surface area contributed by atoms with E-state index in [9.17, 15) is 24.0 Å². The summed E-state index contributed by atoms with van der Waals surface area (Å²) < 4.78 is 0. The molecule has 0 aromatic carbocycles. The van der Waals surface area contributed by atoms with Gasteiger partial charge in [-0.15, -0.1) is 62.0 Å². The number of carbonyl (C=O) groups excluding carboxylic acids is 5. The molecule has 5 amide bonds. The zero-order valence-corrected chi connectivity index (χ0v) is 41.1. The number of carbonyl (C=O) groups is 5. The number of rotatable bonds is 37. The molecular formula is C41H85Cl5N10O5.